The molecule has 0 fully saturated rings. The Hall–Kier alpha value is -3.30. The molecule has 4 aromatic heterocycles. The highest BCUT2D eigenvalue weighted by molar-refractivity contribution is 7.98. The van der Waals surface area contributed by atoms with Crippen LogP contribution in [-0.4, -0.2) is 29.1 Å². The van der Waals surface area contributed by atoms with Gasteiger partial charge in [0.1, 0.15) is 0 Å². The van der Waals surface area contributed by atoms with Gasteiger partial charge >= 0.3 is 0 Å². The lowest BCUT2D eigenvalue weighted by Gasteiger charge is -2.10. The number of hydrogen-bond acceptors (Lipinski definition) is 7. The smallest absolute Gasteiger partial charge is 0.258 e. The molecule has 0 N–H and O–H groups in total. The van der Waals surface area contributed by atoms with Gasteiger partial charge in [0.2, 0.25) is 0 Å². The molecule has 0 spiro atoms. The predicted molar refractivity (Wildman–Crippen MR) is 118 cm³/mol. The quantitative estimate of drug-likeness (QED) is 0.380. The number of pyridine rings is 1. The number of fused-ring (bicyclic) bond motifs is 1. The monoisotopic (exact) mass is 432 g/mol. The maximum atomic E-state index is 12.3. The van der Waals surface area contributed by atoms with Crippen LogP contribution < -0.4 is 5.56 Å². The van der Waals surface area contributed by atoms with Gasteiger partial charge in [-0.2, -0.15) is 0 Å². The first-order valence-corrected chi connectivity index (χ1v) is 11.1. The first kappa shape index (κ1) is 18.7. The molecule has 5 aromatic rings. The fourth-order valence-electron chi connectivity index (χ4n) is 3.12. The van der Waals surface area contributed by atoms with E-state index >= 15 is 0 Å². The zero-order chi connectivity index (χ0) is 20.3. The molecule has 4 heterocycles. The summed E-state index contributed by atoms with van der Waals surface area (Å²) in [5, 5.41) is 11.5. The molecule has 9 heteroatoms. The third kappa shape index (κ3) is 3.77. The average molecular weight is 433 g/mol. The summed E-state index contributed by atoms with van der Waals surface area (Å²) >= 11 is 2.97. The van der Waals surface area contributed by atoms with Gasteiger partial charge in [-0.1, -0.05) is 42.1 Å². The standard InChI is InChI=1S/C21H16N6OS2/c28-18-12-17(23-20-26(18)10-11-29-20)14-30-21-25-24-19(16-6-8-22-9-7-16)27(21)13-15-4-2-1-3-5-15/h1-12H,13-14H2. The van der Waals surface area contributed by atoms with Gasteiger partial charge in [-0.25, -0.2) is 4.98 Å². The number of aromatic nitrogens is 6. The van der Waals surface area contributed by atoms with Gasteiger partial charge < -0.3 is 0 Å². The van der Waals surface area contributed by atoms with Crippen molar-refractivity contribution in [2.24, 2.45) is 0 Å². The number of rotatable bonds is 6. The number of hydrogen-bond donors (Lipinski definition) is 0. The van der Waals surface area contributed by atoms with Gasteiger partial charge in [0, 0.05) is 41.4 Å². The molecular weight excluding hydrogens is 416 g/mol. The van der Waals surface area contributed by atoms with Crippen molar-refractivity contribution in [3.05, 3.63) is 94.1 Å². The maximum Gasteiger partial charge on any atom is 0.258 e. The number of thioether (sulfide) groups is 1. The fourth-order valence-corrected chi connectivity index (χ4v) is 4.69. The van der Waals surface area contributed by atoms with Crippen molar-refractivity contribution in [1.82, 2.24) is 29.1 Å². The zero-order valence-corrected chi connectivity index (χ0v) is 17.4. The van der Waals surface area contributed by atoms with Gasteiger partial charge in [0.05, 0.1) is 12.2 Å². The molecule has 0 unspecified atom stereocenters. The molecule has 0 saturated heterocycles. The molecule has 0 aliphatic rings. The average Bonchev–Trinajstić information content (AvgIpc) is 3.41. The second-order valence-corrected chi connectivity index (χ2v) is 8.36. The van der Waals surface area contributed by atoms with Gasteiger partial charge in [-0.3, -0.25) is 18.7 Å². The summed E-state index contributed by atoms with van der Waals surface area (Å²) in [7, 11) is 0. The Kier molecular flexibility index (Phi) is 5.12. The molecule has 0 atom stereocenters. The van der Waals surface area contributed by atoms with Crippen molar-refractivity contribution in [2.45, 2.75) is 17.5 Å². The lowest BCUT2D eigenvalue weighted by molar-refractivity contribution is 0.714. The Balaban J connectivity index is 1.47. The van der Waals surface area contributed by atoms with Gasteiger partial charge in [-0.05, 0) is 17.7 Å². The molecule has 0 radical (unpaired) electrons. The molecule has 0 saturated carbocycles. The number of benzene rings is 1. The van der Waals surface area contributed by atoms with Crippen LogP contribution in [-0.2, 0) is 12.3 Å². The largest absolute Gasteiger partial charge is 0.298 e. The van der Waals surface area contributed by atoms with Gasteiger partial charge in [-0.15, -0.1) is 21.5 Å². The highest BCUT2D eigenvalue weighted by Gasteiger charge is 2.15. The van der Waals surface area contributed by atoms with E-state index in [1.807, 2.05) is 35.7 Å². The first-order chi connectivity index (χ1) is 14.8. The van der Waals surface area contributed by atoms with Crippen molar-refractivity contribution >= 4 is 28.1 Å². The Morgan fingerprint density at radius 2 is 1.87 bits per heavy atom. The minimum absolute atomic E-state index is 0.0694. The maximum absolute atomic E-state index is 12.3. The van der Waals surface area contributed by atoms with Crippen LogP contribution >= 0.6 is 23.1 Å². The van der Waals surface area contributed by atoms with Crippen LogP contribution in [0.15, 0.2) is 82.5 Å². The van der Waals surface area contributed by atoms with Crippen molar-refractivity contribution in [2.75, 3.05) is 0 Å². The van der Waals surface area contributed by atoms with E-state index in [4.69, 9.17) is 0 Å². The Labute approximate surface area is 180 Å². The van der Waals surface area contributed by atoms with E-state index in [0.717, 1.165) is 27.8 Å². The van der Waals surface area contributed by atoms with E-state index in [1.165, 1.54) is 23.1 Å². The van der Waals surface area contributed by atoms with E-state index in [-0.39, 0.29) is 5.56 Å². The summed E-state index contributed by atoms with van der Waals surface area (Å²) in [5.41, 5.74) is 2.77. The van der Waals surface area contributed by atoms with Crippen molar-refractivity contribution in [3.8, 4) is 11.4 Å². The van der Waals surface area contributed by atoms with Crippen LogP contribution in [0.2, 0.25) is 0 Å². The summed E-state index contributed by atoms with van der Waals surface area (Å²) in [4.78, 5) is 21.6. The summed E-state index contributed by atoms with van der Waals surface area (Å²) in [5.74, 6) is 1.32. The predicted octanol–water partition coefficient (Wildman–Crippen LogP) is 3.75. The molecule has 0 aliphatic heterocycles. The van der Waals surface area contributed by atoms with Crippen molar-refractivity contribution in [1.29, 1.82) is 0 Å². The first-order valence-electron chi connectivity index (χ1n) is 9.24. The molecule has 0 aliphatic carbocycles. The van der Waals surface area contributed by atoms with E-state index in [2.05, 4.69) is 36.9 Å². The second-order valence-electron chi connectivity index (χ2n) is 6.54. The molecule has 0 bridgehead atoms. The van der Waals surface area contributed by atoms with Crippen LogP contribution in [0.4, 0.5) is 0 Å². The van der Waals surface area contributed by atoms with Crippen LogP contribution in [0.25, 0.3) is 16.3 Å². The lowest BCUT2D eigenvalue weighted by atomic mass is 10.2. The van der Waals surface area contributed by atoms with E-state index < -0.39 is 0 Å². The van der Waals surface area contributed by atoms with Crippen molar-refractivity contribution < 1.29 is 0 Å². The molecule has 30 heavy (non-hydrogen) atoms. The molecule has 148 valence electrons. The topological polar surface area (TPSA) is 78.0 Å². The number of thiazole rings is 1. The molecular formula is C21H16N6OS2. The molecule has 0 amide bonds. The fraction of sp³-hybridized carbons (Fsp3) is 0.0952. The summed E-state index contributed by atoms with van der Waals surface area (Å²) < 4.78 is 3.64. The normalized spacial score (nSPS) is 11.2. The highest BCUT2D eigenvalue weighted by atomic mass is 32.2. The third-order valence-electron chi connectivity index (χ3n) is 4.54. The van der Waals surface area contributed by atoms with E-state index in [1.54, 1.807) is 29.1 Å². The van der Waals surface area contributed by atoms with Crippen LogP contribution in [0.5, 0.6) is 0 Å². The molecule has 7 nitrogen and oxygen atoms in total. The van der Waals surface area contributed by atoms with Crippen molar-refractivity contribution in [3.63, 3.8) is 0 Å². The number of nitrogens with zero attached hydrogens (tertiary/aromatic N) is 6. The van der Waals surface area contributed by atoms with Gasteiger partial charge in [0.25, 0.3) is 5.56 Å². The molecule has 1 aromatic carbocycles. The van der Waals surface area contributed by atoms with Crippen LogP contribution in [0, 0.1) is 0 Å². The van der Waals surface area contributed by atoms with Crippen LogP contribution in [0.1, 0.15) is 11.3 Å². The minimum Gasteiger partial charge on any atom is -0.298 e. The van der Waals surface area contributed by atoms with E-state index in [9.17, 15) is 4.79 Å². The Bertz CT molecular complexity index is 1340. The minimum atomic E-state index is -0.0694. The Morgan fingerprint density at radius 1 is 1.03 bits per heavy atom. The Morgan fingerprint density at radius 3 is 2.70 bits per heavy atom. The molecule has 5 rings (SSSR count). The van der Waals surface area contributed by atoms with E-state index in [0.29, 0.717) is 17.3 Å². The summed E-state index contributed by atoms with van der Waals surface area (Å²) in [6.07, 6.45) is 5.23. The summed E-state index contributed by atoms with van der Waals surface area (Å²) in [6.45, 7) is 0.647. The SMILES string of the molecule is O=c1cc(CSc2nnc(-c3ccncc3)n2Cc2ccccc2)nc2sccn12. The third-order valence-corrected chi connectivity index (χ3v) is 6.30. The van der Waals surface area contributed by atoms with Gasteiger partial charge in [0.15, 0.2) is 15.9 Å². The van der Waals surface area contributed by atoms with Crippen LogP contribution in [0.3, 0.4) is 0 Å². The highest BCUT2D eigenvalue weighted by Crippen LogP contribution is 2.27. The summed E-state index contributed by atoms with van der Waals surface area (Å²) in [6, 6.07) is 15.6. The second kappa shape index (κ2) is 8.21. The zero-order valence-electron chi connectivity index (χ0n) is 15.8. The lowest BCUT2D eigenvalue weighted by Crippen LogP contribution is -2.12.